The van der Waals surface area contributed by atoms with E-state index in [-0.39, 0.29) is 12.1 Å². The van der Waals surface area contributed by atoms with Crippen LogP contribution in [0.5, 0.6) is 5.75 Å². The van der Waals surface area contributed by atoms with Crippen LogP contribution in [0.4, 0.5) is 15.8 Å². The maximum atomic E-state index is 13.2. The van der Waals surface area contributed by atoms with E-state index in [2.05, 4.69) is 36.1 Å². The van der Waals surface area contributed by atoms with E-state index in [0.29, 0.717) is 43.4 Å². The van der Waals surface area contributed by atoms with Crippen LogP contribution in [0.1, 0.15) is 22.8 Å². The Morgan fingerprint density at radius 3 is 3.03 bits per heavy atom. The number of H-pyrrole nitrogens is 2. The molecule has 0 spiro atoms. The Hall–Kier alpha value is -3.41. The van der Waals surface area contributed by atoms with Crippen LogP contribution in [-0.2, 0) is 11.2 Å². The van der Waals surface area contributed by atoms with E-state index in [9.17, 15) is 14.3 Å². The number of aliphatic hydroxyl groups excluding tert-OH is 1. The summed E-state index contributed by atoms with van der Waals surface area (Å²) in [7, 11) is 0. The highest BCUT2D eigenvalue weighted by Gasteiger charge is 2.25. The summed E-state index contributed by atoms with van der Waals surface area (Å²) < 4.78 is 25.3. The number of rotatable bonds is 7. The normalized spacial score (nSPS) is 17.7. The van der Waals surface area contributed by atoms with Gasteiger partial charge in [-0.2, -0.15) is 0 Å². The SMILES string of the molecule is Cc1cc(N2CCO[C@H](CF)C2)cc2[nH]c(-c3c(NC[C@@H](O)c4ccc(Br)c5c4CCO5)cc[nH]c3=O)nc12. The highest BCUT2D eigenvalue weighted by atomic mass is 79.9. The molecule has 0 radical (unpaired) electrons. The van der Waals surface area contributed by atoms with Gasteiger partial charge in [-0.1, -0.05) is 6.07 Å². The van der Waals surface area contributed by atoms with E-state index < -0.39 is 18.9 Å². The number of aliphatic hydroxyl groups is 1. The predicted molar refractivity (Wildman–Crippen MR) is 152 cm³/mol. The molecule has 2 aliphatic rings. The van der Waals surface area contributed by atoms with Gasteiger partial charge in [0.25, 0.3) is 5.56 Å². The minimum Gasteiger partial charge on any atom is -0.492 e. The van der Waals surface area contributed by atoms with Crippen molar-refractivity contribution in [3.05, 3.63) is 68.0 Å². The van der Waals surface area contributed by atoms with Crippen molar-refractivity contribution in [3.63, 3.8) is 0 Å². The molecule has 1 saturated heterocycles. The molecule has 4 aromatic rings. The predicted octanol–water partition coefficient (Wildman–Crippen LogP) is 4.24. The summed E-state index contributed by atoms with van der Waals surface area (Å²) in [6.07, 6.45) is 1.06. The second-order valence-electron chi connectivity index (χ2n) is 9.87. The maximum absolute atomic E-state index is 13.2. The van der Waals surface area contributed by atoms with Gasteiger partial charge in [0, 0.05) is 43.5 Å². The summed E-state index contributed by atoms with van der Waals surface area (Å²) in [6.45, 7) is 3.84. The van der Waals surface area contributed by atoms with E-state index >= 15 is 0 Å². The van der Waals surface area contributed by atoms with Crippen molar-refractivity contribution in [1.29, 1.82) is 0 Å². The topological polar surface area (TPSA) is 115 Å². The van der Waals surface area contributed by atoms with Gasteiger partial charge in [0.2, 0.25) is 0 Å². The van der Waals surface area contributed by atoms with Crippen molar-refractivity contribution < 1.29 is 19.0 Å². The fourth-order valence-corrected chi connectivity index (χ4v) is 5.88. The molecule has 0 amide bonds. The highest BCUT2D eigenvalue weighted by molar-refractivity contribution is 9.10. The summed E-state index contributed by atoms with van der Waals surface area (Å²) >= 11 is 3.51. The number of hydrogen-bond acceptors (Lipinski definition) is 7. The molecule has 0 unspecified atom stereocenters. The standard InChI is InChI=1S/C28H29BrFN5O4/c1-15-10-16(35-7-9-38-17(12-30)14-35)11-22-25(15)34-27(33-22)24-21(4-6-31-28(24)37)32-13-23(36)18-2-3-20(29)26-19(18)5-8-39-26/h2-4,6,10-11,17,23,36H,5,7-9,12-14H2,1H3,(H,33,34)(H2,31,32,37)/t17-,23-/m1/s1. The van der Waals surface area contributed by atoms with Crippen molar-refractivity contribution >= 4 is 38.3 Å². The van der Waals surface area contributed by atoms with Gasteiger partial charge in [-0.15, -0.1) is 0 Å². The number of benzene rings is 2. The summed E-state index contributed by atoms with van der Waals surface area (Å²) in [5.41, 5.74) is 5.83. The number of aryl methyl sites for hydroxylation is 1. The minimum absolute atomic E-state index is 0.195. The molecule has 39 heavy (non-hydrogen) atoms. The molecule has 9 nitrogen and oxygen atoms in total. The third-order valence-electron chi connectivity index (χ3n) is 7.33. The van der Waals surface area contributed by atoms with Crippen molar-refractivity contribution in [2.45, 2.75) is 25.6 Å². The third kappa shape index (κ3) is 4.90. The van der Waals surface area contributed by atoms with Gasteiger partial charge in [-0.25, -0.2) is 9.37 Å². The maximum Gasteiger partial charge on any atom is 0.261 e. The lowest BCUT2D eigenvalue weighted by Crippen LogP contribution is -2.43. The van der Waals surface area contributed by atoms with Crippen molar-refractivity contribution in [3.8, 4) is 17.1 Å². The van der Waals surface area contributed by atoms with Crippen LogP contribution in [0.15, 0.2) is 45.8 Å². The molecule has 4 N–H and O–H groups in total. The lowest BCUT2D eigenvalue weighted by Gasteiger charge is -2.33. The number of halogens is 2. The highest BCUT2D eigenvalue weighted by Crippen LogP contribution is 2.38. The molecular weight excluding hydrogens is 569 g/mol. The van der Waals surface area contributed by atoms with E-state index in [0.717, 1.165) is 50.1 Å². The van der Waals surface area contributed by atoms with Crippen LogP contribution in [0.2, 0.25) is 0 Å². The average Bonchev–Trinajstić information content (AvgIpc) is 3.60. The monoisotopic (exact) mass is 597 g/mol. The molecule has 4 heterocycles. The molecule has 6 rings (SSSR count). The van der Waals surface area contributed by atoms with Crippen LogP contribution >= 0.6 is 15.9 Å². The Labute approximate surface area is 232 Å². The fourth-order valence-electron chi connectivity index (χ4n) is 5.39. The Bertz CT molecular complexity index is 1590. The average molecular weight is 598 g/mol. The summed E-state index contributed by atoms with van der Waals surface area (Å²) in [4.78, 5) is 25.9. The Kier molecular flexibility index (Phi) is 7.05. The first-order valence-electron chi connectivity index (χ1n) is 12.9. The van der Waals surface area contributed by atoms with Gasteiger partial charge >= 0.3 is 0 Å². The van der Waals surface area contributed by atoms with Crippen molar-refractivity contribution in [2.75, 3.05) is 49.7 Å². The van der Waals surface area contributed by atoms with E-state index in [1.54, 1.807) is 12.3 Å². The number of imidazole rings is 1. The molecule has 11 heteroatoms. The number of anilines is 2. The molecule has 0 aliphatic carbocycles. The van der Waals surface area contributed by atoms with E-state index in [4.69, 9.17) is 14.5 Å². The molecular formula is C28H29BrFN5O4. The molecule has 0 saturated carbocycles. The second-order valence-corrected chi connectivity index (χ2v) is 10.7. The van der Waals surface area contributed by atoms with Crippen LogP contribution in [0.25, 0.3) is 22.4 Å². The lowest BCUT2D eigenvalue weighted by molar-refractivity contribution is 0.0247. The van der Waals surface area contributed by atoms with Gasteiger partial charge in [-0.3, -0.25) is 4.79 Å². The number of nitrogens with one attached hydrogen (secondary N) is 3. The number of pyridine rings is 1. The quantitative estimate of drug-likeness (QED) is 0.252. The van der Waals surface area contributed by atoms with Gasteiger partial charge in [0.15, 0.2) is 0 Å². The minimum atomic E-state index is -0.803. The van der Waals surface area contributed by atoms with Crippen LogP contribution < -0.4 is 20.5 Å². The lowest BCUT2D eigenvalue weighted by atomic mass is 10.00. The Morgan fingerprint density at radius 2 is 2.18 bits per heavy atom. The van der Waals surface area contributed by atoms with E-state index in [1.807, 2.05) is 31.2 Å². The van der Waals surface area contributed by atoms with Crippen molar-refractivity contribution in [2.24, 2.45) is 0 Å². The number of morpholine rings is 1. The fraction of sp³-hybridized carbons (Fsp3) is 0.357. The van der Waals surface area contributed by atoms with Crippen molar-refractivity contribution in [1.82, 2.24) is 15.0 Å². The van der Waals surface area contributed by atoms with Crippen LogP contribution in [-0.4, -0.2) is 65.7 Å². The van der Waals surface area contributed by atoms with Gasteiger partial charge in [0.1, 0.15) is 29.9 Å². The molecule has 2 aromatic carbocycles. The zero-order chi connectivity index (χ0) is 27.1. The number of nitrogens with zero attached hydrogens (tertiary/aromatic N) is 2. The number of hydrogen-bond donors (Lipinski definition) is 4. The van der Waals surface area contributed by atoms with Gasteiger partial charge in [-0.05, 0) is 58.2 Å². The zero-order valence-corrected chi connectivity index (χ0v) is 23.0. The largest absolute Gasteiger partial charge is 0.492 e. The molecule has 2 atom stereocenters. The second kappa shape index (κ2) is 10.6. The number of alkyl halides is 1. The molecule has 2 aromatic heterocycles. The van der Waals surface area contributed by atoms with Crippen LogP contribution in [0.3, 0.4) is 0 Å². The van der Waals surface area contributed by atoms with Crippen LogP contribution in [0, 0.1) is 6.92 Å². The van der Waals surface area contributed by atoms with Gasteiger partial charge < -0.3 is 34.8 Å². The molecule has 1 fully saturated rings. The Morgan fingerprint density at radius 1 is 1.31 bits per heavy atom. The van der Waals surface area contributed by atoms with E-state index in [1.165, 1.54) is 0 Å². The third-order valence-corrected chi connectivity index (χ3v) is 7.95. The smallest absolute Gasteiger partial charge is 0.261 e. The number of fused-ring (bicyclic) bond motifs is 2. The van der Waals surface area contributed by atoms with Gasteiger partial charge in [0.05, 0.1) is 40.5 Å². The summed E-state index contributed by atoms with van der Waals surface area (Å²) in [5, 5.41) is 14.3. The number of aromatic amines is 2. The number of aromatic nitrogens is 3. The first kappa shape index (κ1) is 25.8. The molecule has 2 aliphatic heterocycles. The zero-order valence-electron chi connectivity index (χ0n) is 21.4. The first-order chi connectivity index (χ1) is 18.9. The molecule has 204 valence electrons. The summed E-state index contributed by atoms with van der Waals surface area (Å²) in [6, 6.07) is 9.53. The Balaban J connectivity index is 1.29. The number of ether oxygens (including phenoxy) is 2. The molecule has 0 bridgehead atoms. The summed E-state index contributed by atoms with van der Waals surface area (Å²) in [5.74, 6) is 1.20. The first-order valence-corrected chi connectivity index (χ1v) is 13.7.